The molecule has 6 nitrogen and oxygen atoms in total. The van der Waals surface area contributed by atoms with Crippen LogP contribution >= 0.6 is 11.6 Å². The first-order valence-electron chi connectivity index (χ1n) is 8.64. The highest BCUT2D eigenvalue weighted by Crippen LogP contribution is 2.19. The van der Waals surface area contributed by atoms with Crippen LogP contribution in [0.25, 0.3) is 0 Å². The molecule has 29 heavy (non-hydrogen) atoms. The highest BCUT2D eigenvalue weighted by atomic mass is 35.5. The quantitative estimate of drug-likeness (QED) is 0.632. The van der Waals surface area contributed by atoms with E-state index >= 15 is 0 Å². The number of nitrogens with zero attached hydrogens (tertiary/aromatic N) is 1. The fourth-order valence-electron chi connectivity index (χ4n) is 2.48. The third-order valence-corrected chi connectivity index (χ3v) is 4.15. The first-order valence-corrected chi connectivity index (χ1v) is 9.02. The summed E-state index contributed by atoms with van der Waals surface area (Å²) in [4.78, 5) is 24.8. The molecular weight excluding hydrogens is 390 g/mol. The fourth-order valence-corrected chi connectivity index (χ4v) is 2.61. The van der Waals surface area contributed by atoms with Gasteiger partial charge in [0.05, 0.1) is 22.9 Å². The highest BCUT2D eigenvalue weighted by molar-refractivity contribution is 6.30. The minimum Gasteiger partial charge on any atom is -0.484 e. The minimum atomic E-state index is -0.416. The van der Waals surface area contributed by atoms with Gasteiger partial charge < -0.3 is 15.4 Å². The van der Waals surface area contributed by atoms with E-state index in [1.165, 1.54) is 0 Å². The van der Waals surface area contributed by atoms with Crippen molar-refractivity contribution in [2.45, 2.75) is 0 Å². The summed E-state index contributed by atoms with van der Waals surface area (Å²) in [6.45, 7) is -0.237. The van der Waals surface area contributed by atoms with E-state index in [1.54, 1.807) is 72.8 Å². The van der Waals surface area contributed by atoms with Crippen LogP contribution in [-0.2, 0) is 4.79 Å². The molecule has 3 aromatic rings. The van der Waals surface area contributed by atoms with Gasteiger partial charge in [-0.3, -0.25) is 9.59 Å². The zero-order chi connectivity index (χ0) is 20.6. The molecule has 0 aliphatic carbocycles. The summed E-state index contributed by atoms with van der Waals surface area (Å²) in [7, 11) is 0. The third kappa shape index (κ3) is 5.58. The summed E-state index contributed by atoms with van der Waals surface area (Å²) in [5.74, 6) is -0.315. The van der Waals surface area contributed by atoms with Gasteiger partial charge >= 0.3 is 0 Å². The maximum atomic E-state index is 12.6. The second kappa shape index (κ2) is 9.40. The SMILES string of the molecule is N#Cc1ccc(OCC(=O)Nc2ccccc2C(=O)Nc2ccc(Cl)cc2)cc1. The number of halogens is 1. The Bertz CT molecular complexity index is 1060. The van der Waals surface area contributed by atoms with Crippen LogP contribution in [0.5, 0.6) is 5.75 Å². The average Bonchev–Trinajstić information content (AvgIpc) is 2.74. The number of benzene rings is 3. The summed E-state index contributed by atoms with van der Waals surface area (Å²) in [6.07, 6.45) is 0. The summed E-state index contributed by atoms with van der Waals surface area (Å²) in [5, 5.41) is 14.8. The van der Waals surface area contributed by atoms with E-state index in [0.29, 0.717) is 33.3 Å². The van der Waals surface area contributed by atoms with E-state index in [2.05, 4.69) is 10.6 Å². The maximum Gasteiger partial charge on any atom is 0.262 e. The molecule has 2 N–H and O–H groups in total. The topological polar surface area (TPSA) is 91.2 Å². The van der Waals surface area contributed by atoms with Gasteiger partial charge in [0, 0.05) is 10.7 Å². The molecule has 0 saturated heterocycles. The van der Waals surface area contributed by atoms with E-state index in [-0.39, 0.29) is 12.5 Å². The number of hydrogen-bond acceptors (Lipinski definition) is 4. The zero-order valence-electron chi connectivity index (χ0n) is 15.2. The lowest BCUT2D eigenvalue weighted by Gasteiger charge is -2.12. The smallest absolute Gasteiger partial charge is 0.262 e. The van der Waals surface area contributed by atoms with Gasteiger partial charge in [-0.2, -0.15) is 5.26 Å². The van der Waals surface area contributed by atoms with Crippen molar-refractivity contribution in [3.8, 4) is 11.8 Å². The van der Waals surface area contributed by atoms with Crippen molar-refractivity contribution >= 4 is 34.8 Å². The molecule has 0 atom stereocenters. The van der Waals surface area contributed by atoms with Gasteiger partial charge in [-0.15, -0.1) is 0 Å². The Kier molecular flexibility index (Phi) is 6.46. The van der Waals surface area contributed by atoms with Crippen LogP contribution in [0.4, 0.5) is 11.4 Å². The van der Waals surface area contributed by atoms with E-state index in [1.807, 2.05) is 6.07 Å². The van der Waals surface area contributed by atoms with Crippen LogP contribution in [0.15, 0.2) is 72.8 Å². The molecule has 144 valence electrons. The van der Waals surface area contributed by atoms with Crippen LogP contribution < -0.4 is 15.4 Å². The van der Waals surface area contributed by atoms with Gasteiger partial charge in [0.1, 0.15) is 5.75 Å². The monoisotopic (exact) mass is 405 g/mol. The maximum absolute atomic E-state index is 12.6. The van der Waals surface area contributed by atoms with E-state index in [4.69, 9.17) is 21.6 Å². The Morgan fingerprint density at radius 3 is 2.31 bits per heavy atom. The second-order valence-corrected chi connectivity index (χ2v) is 6.42. The van der Waals surface area contributed by atoms with Gasteiger partial charge in [-0.1, -0.05) is 23.7 Å². The lowest BCUT2D eigenvalue weighted by Crippen LogP contribution is -2.22. The standard InChI is InChI=1S/C22H16ClN3O3/c23-16-7-9-17(10-8-16)25-22(28)19-3-1-2-4-20(19)26-21(27)14-29-18-11-5-15(13-24)6-12-18/h1-12H,14H2,(H,25,28)(H,26,27). The molecule has 0 aliphatic rings. The minimum absolute atomic E-state index is 0.237. The van der Waals surface area contributed by atoms with Gasteiger partial charge in [-0.05, 0) is 60.7 Å². The number of nitriles is 1. The highest BCUT2D eigenvalue weighted by Gasteiger charge is 2.14. The Labute approximate surface area is 172 Å². The van der Waals surface area contributed by atoms with E-state index < -0.39 is 5.91 Å². The number of anilines is 2. The first kappa shape index (κ1) is 19.9. The third-order valence-electron chi connectivity index (χ3n) is 3.90. The Hall–Kier alpha value is -3.82. The number of carbonyl (C=O) groups is 2. The van der Waals surface area contributed by atoms with Gasteiger partial charge in [0.2, 0.25) is 0 Å². The lowest BCUT2D eigenvalue weighted by atomic mass is 10.1. The molecule has 2 amide bonds. The van der Waals surface area contributed by atoms with Crippen LogP contribution in [0.1, 0.15) is 15.9 Å². The van der Waals surface area contributed by atoms with Crippen molar-refractivity contribution < 1.29 is 14.3 Å². The predicted molar refractivity (Wildman–Crippen MR) is 111 cm³/mol. The molecular formula is C22H16ClN3O3. The molecule has 0 radical (unpaired) electrons. The fraction of sp³-hybridized carbons (Fsp3) is 0.0455. The summed E-state index contributed by atoms with van der Waals surface area (Å²) < 4.78 is 5.41. The summed E-state index contributed by atoms with van der Waals surface area (Å²) in [5.41, 5.74) is 1.77. The first-order chi connectivity index (χ1) is 14.0. The van der Waals surface area contributed by atoms with Crippen LogP contribution in [0.3, 0.4) is 0 Å². The van der Waals surface area contributed by atoms with E-state index in [0.717, 1.165) is 0 Å². The number of para-hydroxylation sites is 1. The zero-order valence-corrected chi connectivity index (χ0v) is 15.9. The molecule has 3 aromatic carbocycles. The predicted octanol–water partition coefficient (Wildman–Crippen LogP) is 4.48. The number of nitrogens with one attached hydrogen (secondary N) is 2. The summed E-state index contributed by atoms with van der Waals surface area (Å²) >= 11 is 5.85. The molecule has 7 heteroatoms. The Morgan fingerprint density at radius 1 is 0.931 bits per heavy atom. The molecule has 0 fully saturated rings. The van der Waals surface area contributed by atoms with Crippen molar-refractivity contribution in [2.75, 3.05) is 17.2 Å². The molecule has 0 saturated carbocycles. The number of hydrogen-bond donors (Lipinski definition) is 2. The lowest BCUT2D eigenvalue weighted by molar-refractivity contribution is -0.118. The second-order valence-electron chi connectivity index (χ2n) is 5.98. The largest absolute Gasteiger partial charge is 0.484 e. The van der Waals surface area contributed by atoms with Crippen molar-refractivity contribution in [1.29, 1.82) is 5.26 Å². The van der Waals surface area contributed by atoms with Crippen LogP contribution in [-0.4, -0.2) is 18.4 Å². The number of ether oxygens (including phenoxy) is 1. The number of amides is 2. The van der Waals surface area contributed by atoms with Crippen molar-refractivity contribution in [2.24, 2.45) is 0 Å². The molecule has 3 rings (SSSR count). The molecule has 0 aliphatic heterocycles. The van der Waals surface area contributed by atoms with Crippen LogP contribution in [0.2, 0.25) is 5.02 Å². The molecule has 0 spiro atoms. The van der Waals surface area contributed by atoms with Crippen molar-refractivity contribution in [3.63, 3.8) is 0 Å². The average molecular weight is 406 g/mol. The van der Waals surface area contributed by atoms with Gasteiger partial charge in [-0.25, -0.2) is 0 Å². The Balaban J connectivity index is 1.63. The van der Waals surface area contributed by atoms with Crippen LogP contribution in [0, 0.1) is 11.3 Å². The normalized spacial score (nSPS) is 9.93. The van der Waals surface area contributed by atoms with Gasteiger partial charge in [0.15, 0.2) is 6.61 Å². The van der Waals surface area contributed by atoms with E-state index in [9.17, 15) is 9.59 Å². The molecule has 0 heterocycles. The molecule has 0 aromatic heterocycles. The van der Waals surface area contributed by atoms with Crippen molar-refractivity contribution in [1.82, 2.24) is 0 Å². The summed E-state index contributed by atoms with van der Waals surface area (Å²) in [6, 6.07) is 21.8. The number of rotatable bonds is 6. The molecule has 0 unspecified atom stereocenters. The Morgan fingerprint density at radius 2 is 1.62 bits per heavy atom. The van der Waals surface area contributed by atoms with Crippen molar-refractivity contribution in [3.05, 3.63) is 88.9 Å². The number of carbonyl (C=O) groups excluding carboxylic acids is 2. The molecule has 0 bridgehead atoms. The van der Waals surface area contributed by atoms with Gasteiger partial charge in [0.25, 0.3) is 11.8 Å².